The van der Waals surface area contributed by atoms with Gasteiger partial charge in [-0.05, 0) is 43.8 Å². The topological polar surface area (TPSA) is 6.48 Å². The molecule has 0 spiro atoms. The van der Waals surface area contributed by atoms with Crippen LogP contribution in [0.25, 0.3) is 0 Å². The van der Waals surface area contributed by atoms with Crippen molar-refractivity contribution in [3.05, 3.63) is 0 Å². The molecule has 0 atom stereocenters. The Balaban J connectivity index is 2.35. The lowest BCUT2D eigenvalue weighted by molar-refractivity contribution is 0.0849. The summed E-state index contributed by atoms with van der Waals surface area (Å²) in [5, 5.41) is 0. The van der Waals surface area contributed by atoms with E-state index in [1.807, 2.05) is 0 Å². The molecule has 1 aliphatic heterocycles. The third-order valence-electron chi connectivity index (χ3n) is 3.60. The fourth-order valence-corrected chi connectivity index (χ4v) is 3.07. The average molecular weight is 254 g/mol. The van der Waals surface area contributed by atoms with Crippen LogP contribution < -0.4 is 0 Å². The van der Waals surface area contributed by atoms with Crippen molar-refractivity contribution in [2.75, 3.05) is 33.2 Å². The van der Waals surface area contributed by atoms with Crippen LogP contribution >= 0.6 is 0 Å². The van der Waals surface area contributed by atoms with Gasteiger partial charge in [0, 0.05) is 19.1 Å². The predicted octanol–water partition coefficient (Wildman–Crippen LogP) is 3.47. The largest absolute Gasteiger partial charge is 0.303 e. The van der Waals surface area contributed by atoms with Crippen LogP contribution in [0.5, 0.6) is 0 Å². The van der Waals surface area contributed by atoms with Crippen LogP contribution in [0.4, 0.5) is 0 Å². The van der Waals surface area contributed by atoms with E-state index in [4.69, 9.17) is 0 Å². The van der Waals surface area contributed by atoms with Crippen molar-refractivity contribution in [1.82, 2.24) is 9.80 Å². The van der Waals surface area contributed by atoms with Crippen molar-refractivity contribution in [2.45, 2.75) is 60.4 Å². The number of piperidine rings is 1. The number of likely N-dealkylation sites (tertiary alicyclic amines) is 1. The molecule has 0 radical (unpaired) electrons. The van der Waals surface area contributed by atoms with Crippen LogP contribution in [0.15, 0.2) is 0 Å². The van der Waals surface area contributed by atoms with E-state index in [1.165, 1.54) is 39.0 Å². The molecule has 1 saturated heterocycles. The zero-order valence-electron chi connectivity index (χ0n) is 13.7. The number of hydrogen-bond acceptors (Lipinski definition) is 2. The van der Waals surface area contributed by atoms with Crippen molar-refractivity contribution in [3.8, 4) is 0 Å². The SMILES string of the molecule is CN(CC(C)(C)C)C1CCN(CC(C)(C)C)CC1. The molecular formula is C16H34N2. The Morgan fingerprint density at radius 2 is 1.44 bits per heavy atom. The van der Waals surface area contributed by atoms with Gasteiger partial charge in [-0.15, -0.1) is 0 Å². The van der Waals surface area contributed by atoms with Crippen molar-refractivity contribution in [2.24, 2.45) is 10.8 Å². The molecule has 18 heavy (non-hydrogen) atoms. The maximum atomic E-state index is 2.64. The molecule has 0 aromatic carbocycles. The summed E-state index contributed by atoms with van der Waals surface area (Å²) >= 11 is 0. The normalized spacial score (nSPS) is 20.7. The van der Waals surface area contributed by atoms with Crippen molar-refractivity contribution >= 4 is 0 Å². The van der Waals surface area contributed by atoms with Gasteiger partial charge in [0.2, 0.25) is 0 Å². The Morgan fingerprint density at radius 1 is 0.944 bits per heavy atom. The van der Waals surface area contributed by atoms with E-state index < -0.39 is 0 Å². The third-order valence-corrected chi connectivity index (χ3v) is 3.60. The second-order valence-electron chi connectivity index (χ2n) is 8.54. The van der Waals surface area contributed by atoms with Crippen molar-refractivity contribution in [3.63, 3.8) is 0 Å². The number of nitrogens with zero attached hydrogens (tertiary/aromatic N) is 2. The number of hydrogen-bond donors (Lipinski definition) is 0. The second kappa shape index (κ2) is 5.92. The molecule has 2 nitrogen and oxygen atoms in total. The Morgan fingerprint density at radius 3 is 1.83 bits per heavy atom. The van der Waals surface area contributed by atoms with Crippen LogP contribution in [0.2, 0.25) is 0 Å². The van der Waals surface area contributed by atoms with Crippen LogP contribution in [0, 0.1) is 10.8 Å². The fourth-order valence-electron chi connectivity index (χ4n) is 3.07. The van der Waals surface area contributed by atoms with Gasteiger partial charge in [-0.3, -0.25) is 0 Å². The van der Waals surface area contributed by atoms with E-state index in [0.717, 1.165) is 6.04 Å². The van der Waals surface area contributed by atoms with Crippen LogP contribution in [0.1, 0.15) is 54.4 Å². The molecule has 1 aliphatic rings. The molecule has 0 saturated carbocycles. The Bertz CT molecular complexity index is 239. The first-order chi connectivity index (χ1) is 8.07. The highest BCUT2D eigenvalue weighted by molar-refractivity contribution is 4.82. The maximum Gasteiger partial charge on any atom is 0.0117 e. The first kappa shape index (κ1) is 16.0. The summed E-state index contributed by atoms with van der Waals surface area (Å²) < 4.78 is 0. The van der Waals surface area contributed by atoms with Crippen LogP contribution in [0.3, 0.4) is 0 Å². The lowest BCUT2D eigenvalue weighted by Gasteiger charge is -2.40. The van der Waals surface area contributed by atoms with Gasteiger partial charge in [-0.25, -0.2) is 0 Å². The first-order valence-corrected chi connectivity index (χ1v) is 7.49. The molecule has 0 unspecified atom stereocenters. The molecule has 0 bridgehead atoms. The van der Waals surface area contributed by atoms with Gasteiger partial charge in [0.15, 0.2) is 0 Å². The fraction of sp³-hybridized carbons (Fsp3) is 1.00. The van der Waals surface area contributed by atoms with Gasteiger partial charge in [0.05, 0.1) is 0 Å². The van der Waals surface area contributed by atoms with E-state index in [0.29, 0.717) is 10.8 Å². The van der Waals surface area contributed by atoms with Gasteiger partial charge in [-0.1, -0.05) is 41.5 Å². The van der Waals surface area contributed by atoms with Gasteiger partial charge in [0.1, 0.15) is 0 Å². The first-order valence-electron chi connectivity index (χ1n) is 7.49. The lowest BCUT2D eigenvalue weighted by atomic mass is 9.92. The summed E-state index contributed by atoms with van der Waals surface area (Å²) in [7, 11) is 2.30. The molecule has 0 aliphatic carbocycles. The predicted molar refractivity (Wildman–Crippen MR) is 81.0 cm³/mol. The van der Waals surface area contributed by atoms with E-state index in [1.54, 1.807) is 0 Å². The standard InChI is InChI=1S/C16H34N2/c1-15(2,3)12-17(7)14-8-10-18(11-9-14)13-16(4,5)6/h14H,8-13H2,1-7H3. The minimum absolute atomic E-state index is 0.414. The minimum Gasteiger partial charge on any atom is -0.303 e. The van der Waals surface area contributed by atoms with Crippen LogP contribution in [-0.2, 0) is 0 Å². The molecule has 2 heteroatoms. The molecule has 1 heterocycles. The van der Waals surface area contributed by atoms with Crippen molar-refractivity contribution in [1.29, 1.82) is 0 Å². The van der Waals surface area contributed by atoms with Crippen molar-refractivity contribution < 1.29 is 0 Å². The summed E-state index contributed by atoms with van der Waals surface area (Å²) in [5.74, 6) is 0. The third kappa shape index (κ3) is 6.19. The highest BCUT2D eigenvalue weighted by atomic mass is 15.2. The van der Waals surface area contributed by atoms with E-state index in [2.05, 4.69) is 58.4 Å². The highest BCUT2D eigenvalue weighted by Crippen LogP contribution is 2.23. The van der Waals surface area contributed by atoms with Gasteiger partial charge < -0.3 is 9.80 Å². The molecular weight excluding hydrogens is 220 g/mol. The zero-order valence-corrected chi connectivity index (χ0v) is 13.7. The van der Waals surface area contributed by atoms with Gasteiger partial charge in [-0.2, -0.15) is 0 Å². The Hall–Kier alpha value is -0.0800. The lowest BCUT2D eigenvalue weighted by Crippen LogP contribution is -2.47. The highest BCUT2D eigenvalue weighted by Gasteiger charge is 2.26. The second-order valence-corrected chi connectivity index (χ2v) is 8.54. The van der Waals surface area contributed by atoms with Crippen LogP contribution in [-0.4, -0.2) is 49.1 Å². The number of rotatable bonds is 3. The zero-order chi connectivity index (χ0) is 14.0. The summed E-state index contributed by atoms with van der Waals surface area (Å²) in [6.45, 7) is 19.0. The quantitative estimate of drug-likeness (QED) is 0.761. The molecule has 1 rings (SSSR count). The molecule has 1 fully saturated rings. The van der Waals surface area contributed by atoms with E-state index >= 15 is 0 Å². The molecule has 108 valence electrons. The van der Waals surface area contributed by atoms with Gasteiger partial charge >= 0.3 is 0 Å². The Kier molecular flexibility index (Phi) is 5.25. The van der Waals surface area contributed by atoms with E-state index in [-0.39, 0.29) is 0 Å². The van der Waals surface area contributed by atoms with Gasteiger partial charge in [0.25, 0.3) is 0 Å². The average Bonchev–Trinajstić information content (AvgIpc) is 2.13. The maximum absolute atomic E-state index is 2.64. The Labute approximate surface area is 115 Å². The monoisotopic (exact) mass is 254 g/mol. The smallest absolute Gasteiger partial charge is 0.0117 e. The molecule has 0 N–H and O–H groups in total. The summed E-state index contributed by atoms with van der Waals surface area (Å²) in [4.78, 5) is 5.22. The molecule has 0 aromatic heterocycles. The summed E-state index contributed by atoms with van der Waals surface area (Å²) in [6, 6.07) is 0.792. The summed E-state index contributed by atoms with van der Waals surface area (Å²) in [5.41, 5.74) is 0.849. The molecule has 0 amide bonds. The minimum atomic E-state index is 0.414. The summed E-state index contributed by atoms with van der Waals surface area (Å²) in [6.07, 6.45) is 2.67. The van der Waals surface area contributed by atoms with E-state index in [9.17, 15) is 0 Å². The molecule has 0 aromatic rings.